The van der Waals surface area contributed by atoms with Gasteiger partial charge in [0.05, 0.1) is 25.2 Å². The molecule has 1 fully saturated rings. The van der Waals surface area contributed by atoms with Gasteiger partial charge in [-0.05, 0) is 43.8 Å². The second-order valence-corrected chi connectivity index (χ2v) is 12.1. The Morgan fingerprint density at radius 2 is 1.70 bits per heavy atom. The normalized spacial score (nSPS) is 24.6. The summed E-state index contributed by atoms with van der Waals surface area (Å²) in [5.41, 5.74) is 0. The molecular formula is C15H30O4Si. The summed E-state index contributed by atoms with van der Waals surface area (Å²) in [6, 6.07) is 0. The van der Waals surface area contributed by atoms with Crippen LogP contribution >= 0.6 is 0 Å². The number of hydrogen-bond acceptors (Lipinski definition) is 3. The summed E-state index contributed by atoms with van der Waals surface area (Å²) in [5, 5.41) is 9.18. The van der Waals surface area contributed by atoms with E-state index in [9.17, 15) is 4.79 Å². The van der Waals surface area contributed by atoms with Gasteiger partial charge in [-0.1, -0.05) is 20.8 Å². The van der Waals surface area contributed by atoms with Gasteiger partial charge >= 0.3 is 5.97 Å². The number of carboxylic acids is 1. The van der Waals surface area contributed by atoms with Crippen molar-refractivity contribution in [3.05, 3.63) is 0 Å². The lowest BCUT2D eigenvalue weighted by molar-refractivity contribution is -0.143. The second kappa shape index (κ2) is 7.05. The number of carbonyl (C=O) groups is 1. The van der Waals surface area contributed by atoms with Crippen LogP contribution in [0.5, 0.6) is 0 Å². The van der Waals surface area contributed by atoms with Crippen molar-refractivity contribution in [2.45, 2.75) is 70.7 Å². The minimum absolute atomic E-state index is 0.168. The van der Waals surface area contributed by atoms with E-state index in [1.807, 2.05) is 0 Å². The number of aliphatic carboxylic acids is 1. The number of carboxylic acid groups (broad SMARTS) is 1. The molecule has 0 bridgehead atoms. The van der Waals surface area contributed by atoms with Crippen molar-refractivity contribution in [1.82, 2.24) is 0 Å². The van der Waals surface area contributed by atoms with Crippen LogP contribution in [0, 0.1) is 5.92 Å². The average molecular weight is 302 g/mol. The van der Waals surface area contributed by atoms with Crippen LogP contribution in [0.1, 0.15) is 46.5 Å². The molecule has 0 aromatic heterocycles. The summed E-state index contributed by atoms with van der Waals surface area (Å²) < 4.78 is 11.9. The van der Waals surface area contributed by atoms with Gasteiger partial charge in [-0.25, -0.2) is 0 Å². The van der Waals surface area contributed by atoms with Crippen molar-refractivity contribution in [1.29, 1.82) is 0 Å². The number of ether oxygens (including phenoxy) is 1. The number of rotatable bonds is 6. The van der Waals surface area contributed by atoms with E-state index in [0.717, 1.165) is 25.7 Å². The molecule has 20 heavy (non-hydrogen) atoms. The lowest BCUT2D eigenvalue weighted by Gasteiger charge is -2.36. The van der Waals surface area contributed by atoms with Crippen molar-refractivity contribution in [2.75, 3.05) is 13.2 Å². The first-order chi connectivity index (χ1) is 9.13. The van der Waals surface area contributed by atoms with Crippen LogP contribution in [0.3, 0.4) is 0 Å². The molecule has 1 rings (SSSR count). The lowest BCUT2D eigenvalue weighted by atomic mass is 9.87. The summed E-state index contributed by atoms with van der Waals surface area (Å²) in [7, 11) is -1.68. The Hall–Kier alpha value is -0.393. The molecule has 1 N–H and O–H groups in total. The quantitative estimate of drug-likeness (QED) is 0.601. The third kappa shape index (κ3) is 5.18. The summed E-state index contributed by atoms with van der Waals surface area (Å²) in [4.78, 5) is 10.9. The maximum Gasteiger partial charge on any atom is 0.306 e. The van der Waals surface area contributed by atoms with Crippen LogP contribution < -0.4 is 0 Å². The van der Waals surface area contributed by atoms with Crippen molar-refractivity contribution in [3.8, 4) is 0 Å². The molecule has 5 heteroatoms. The van der Waals surface area contributed by atoms with Crippen LogP contribution in [0.2, 0.25) is 18.1 Å². The molecule has 1 aliphatic carbocycles. The van der Waals surface area contributed by atoms with Gasteiger partial charge < -0.3 is 14.3 Å². The van der Waals surface area contributed by atoms with Gasteiger partial charge in [-0.15, -0.1) is 0 Å². The molecule has 0 heterocycles. The summed E-state index contributed by atoms with van der Waals surface area (Å²) in [6.07, 6.45) is 3.41. The Labute approximate surface area is 124 Å². The Bertz CT molecular complexity index is 314. The first-order valence-corrected chi connectivity index (χ1v) is 10.5. The molecule has 4 nitrogen and oxygen atoms in total. The fourth-order valence-corrected chi connectivity index (χ4v) is 3.23. The summed E-state index contributed by atoms with van der Waals surface area (Å²) in [6.45, 7) is 12.4. The molecule has 0 unspecified atom stereocenters. The first kappa shape index (κ1) is 17.7. The van der Waals surface area contributed by atoms with Crippen molar-refractivity contribution in [2.24, 2.45) is 5.92 Å². The maximum atomic E-state index is 10.9. The van der Waals surface area contributed by atoms with Gasteiger partial charge in [0.25, 0.3) is 0 Å². The molecule has 118 valence electrons. The van der Waals surface area contributed by atoms with E-state index >= 15 is 0 Å². The zero-order valence-electron chi connectivity index (χ0n) is 13.6. The largest absolute Gasteiger partial charge is 0.481 e. The third-order valence-corrected chi connectivity index (χ3v) is 9.27. The Morgan fingerprint density at radius 1 is 1.15 bits per heavy atom. The highest BCUT2D eigenvalue weighted by molar-refractivity contribution is 6.74. The smallest absolute Gasteiger partial charge is 0.306 e. The van der Waals surface area contributed by atoms with Crippen molar-refractivity contribution < 1.29 is 19.1 Å². The van der Waals surface area contributed by atoms with E-state index in [0.29, 0.717) is 13.2 Å². The number of hydrogen-bond donors (Lipinski definition) is 1. The van der Waals surface area contributed by atoms with Crippen molar-refractivity contribution in [3.63, 3.8) is 0 Å². The minimum Gasteiger partial charge on any atom is -0.481 e. The predicted molar refractivity (Wildman–Crippen MR) is 82.5 cm³/mol. The Morgan fingerprint density at radius 3 is 2.15 bits per heavy atom. The molecule has 0 radical (unpaired) electrons. The van der Waals surface area contributed by atoms with E-state index < -0.39 is 14.3 Å². The fourth-order valence-electron chi connectivity index (χ4n) is 2.20. The molecule has 0 amide bonds. The van der Waals surface area contributed by atoms with Crippen LogP contribution in [0.25, 0.3) is 0 Å². The molecule has 0 saturated heterocycles. The highest BCUT2D eigenvalue weighted by atomic mass is 28.4. The van der Waals surface area contributed by atoms with Crippen LogP contribution in [-0.4, -0.2) is 38.7 Å². The van der Waals surface area contributed by atoms with Gasteiger partial charge in [0.1, 0.15) is 0 Å². The monoisotopic (exact) mass is 302 g/mol. The highest BCUT2D eigenvalue weighted by Gasteiger charge is 2.37. The molecule has 0 atom stereocenters. The van der Waals surface area contributed by atoms with Gasteiger partial charge in [0.2, 0.25) is 0 Å². The van der Waals surface area contributed by atoms with E-state index in [1.165, 1.54) is 0 Å². The topological polar surface area (TPSA) is 55.8 Å². The van der Waals surface area contributed by atoms with Crippen LogP contribution in [0.4, 0.5) is 0 Å². The van der Waals surface area contributed by atoms with Crippen LogP contribution in [-0.2, 0) is 14.0 Å². The van der Waals surface area contributed by atoms with E-state index in [4.69, 9.17) is 14.3 Å². The molecule has 1 saturated carbocycles. The third-order valence-electron chi connectivity index (χ3n) is 4.73. The van der Waals surface area contributed by atoms with Crippen LogP contribution in [0.15, 0.2) is 0 Å². The molecule has 1 aliphatic rings. The zero-order valence-corrected chi connectivity index (χ0v) is 14.6. The van der Waals surface area contributed by atoms with Crippen molar-refractivity contribution >= 4 is 14.3 Å². The molecule has 0 aromatic carbocycles. The Balaban J connectivity index is 2.19. The zero-order chi connectivity index (χ0) is 15.4. The van der Waals surface area contributed by atoms with E-state index in [2.05, 4.69) is 33.9 Å². The predicted octanol–water partition coefficient (Wildman–Crippen LogP) is 3.67. The maximum absolute atomic E-state index is 10.9. The van der Waals surface area contributed by atoms with Gasteiger partial charge in [-0.3, -0.25) is 4.79 Å². The summed E-state index contributed by atoms with van der Waals surface area (Å²) >= 11 is 0. The molecule has 0 aromatic rings. The van der Waals surface area contributed by atoms with Gasteiger partial charge in [0.15, 0.2) is 8.32 Å². The lowest BCUT2D eigenvalue weighted by Crippen LogP contribution is -2.41. The highest BCUT2D eigenvalue weighted by Crippen LogP contribution is 2.36. The first-order valence-electron chi connectivity index (χ1n) is 7.62. The Kier molecular flexibility index (Phi) is 6.22. The average Bonchev–Trinajstić information content (AvgIpc) is 2.34. The molecule has 0 aliphatic heterocycles. The molecular weight excluding hydrogens is 272 g/mol. The standard InChI is InChI=1S/C15H30O4Si/c1-15(2,3)20(4,5)19-11-10-18-13-8-6-12(7-9-13)14(16)17/h12-13H,6-11H2,1-5H3,(H,16,17). The fraction of sp³-hybridized carbons (Fsp3) is 0.933. The summed E-state index contributed by atoms with van der Waals surface area (Å²) in [5.74, 6) is -0.831. The van der Waals surface area contributed by atoms with Gasteiger partial charge in [-0.2, -0.15) is 0 Å². The molecule has 0 spiro atoms. The second-order valence-electron chi connectivity index (χ2n) is 7.29. The van der Waals surface area contributed by atoms with E-state index in [1.54, 1.807) is 0 Å². The SMILES string of the molecule is CC(C)(C)[Si](C)(C)OCCOC1CCC(C(=O)O)CC1. The minimum atomic E-state index is -1.68. The van der Waals surface area contributed by atoms with Gasteiger partial charge in [0, 0.05) is 0 Å². The van der Waals surface area contributed by atoms with E-state index in [-0.39, 0.29) is 17.1 Å².